The van der Waals surface area contributed by atoms with Gasteiger partial charge in [-0.25, -0.2) is 4.79 Å². The van der Waals surface area contributed by atoms with Crippen molar-refractivity contribution in [3.05, 3.63) is 41.5 Å². The van der Waals surface area contributed by atoms with Crippen LogP contribution in [0.4, 0.5) is 5.69 Å². The Hall–Kier alpha value is -1.81. The van der Waals surface area contributed by atoms with Crippen LogP contribution in [0.5, 0.6) is 0 Å². The van der Waals surface area contributed by atoms with Crippen molar-refractivity contribution in [2.75, 3.05) is 17.5 Å². The molecule has 0 atom stereocenters. The molecule has 0 radical (unpaired) electrons. The molecule has 126 valence electrons. The lowest BCUT2D eigenvalue weighted by atomic mass is 9.84. The van der Waals surface area contributed by atoms with Gasteiger partial charge >= 0.3 is 5.97 Å². The zero-order valence-electron chi connectivity index (χ0n) is 14.4. The van der Waals surface area contributed by atoms with E-state index in [1.54, 1.807) is 6.92 Å². The SMILES string of the molecule is C=C(C)C(=O)OCN(C(=O)CCl)c1c(C)cccc1C(C)(C)C. The number of carbonyl (C=O) groups excluding carboxylic acids is 2. The third-order valence-corrected chi connectivity index (χ3v) is 3.63. The highest BCUT2D eigenvalue weighted by Crippen LogP contribution is 2.34. The van der Waals surface area contributed by atoms with Gasteiger partial charge in [0.1, 0.15) is 5.88 Å². The fraction of sp³-hybridized carbons (Fsp3) is 0.444. The molecule has 5 heteroatoms. The highest BCUT2D eigenvalue weighted by molar-refractivity contribution is 6.29. The number of carbonyl (C=O) groups is 2. The summed E-state index contributed by atoms with van der Waals surface area (Å²) in [5.74, 6) is -1.05. The minimum absolute atomic E-state index is 0.176. The second-order valence-corrected chi connectivity index (χ2v) is 6.78. The number of hydrogen-bond donors (Lipinski definition) is 0. The van der Waals surface area contributed by atoms with Crippen molar-refractivity contribution in [2.45, 2.75) is 40.0 Å². The van der Waals surface area contributed by atoms with Crippen molar-refractivity contribution in [3.8, 4) is 0 Å². The number of para-hydroxylation sites is 1. The molecule has 0 aromatic heterocycles. The first-order valence-corrected chi connectivity index (χ1v) is 7.92. The standard InChI is InChI=1S/C18H24ClNO3/c1-12(2)17(22)23-11-20(15(21)10-19)16-13(3)8-7-9-14(16)18(4,5)6/h7-9H,1,10-11H2,2-6H3. The van der Waals surface area contributed by atoms with Crippen LogP contribution in [0.15, 0.2) is 30.4 Å². The molecule has 1 aromatic rings. The summed E-state index contributed by atoms with van der Waals surface area (Å²) in [6.45, 7) is 13.0. The number of nitrogens with zero attached hydrogens (tertiary/aromatic N) is 1. The summed E-state index contributed by atoms with van der Waals surface area (Å²) < 4.78 is 5.17. The maximum Gasteiger partial charge on any atom is 0.334 e. The monoisotopic (exact) mass is 337 g/mol. The van der Waals surface area contributed by atoms with Gasteiger partial charge in [-0.15, -0.1) is 11.6 Å². The van der Waals surface area contributed by atoms with Crippen LogP contribution in [0.1, 0.15) is 38.8 Å². The molecular formula is C18H24ClNO3. The van der Waals surface area contributed by atoms with E-state index in [2.05, 4.69) is 27.4 Å². The van der Waals surface area contributed by atoms with Gasteiger partial charge in [-0.3, -0.25) is 9.69 Å². The topological polar surface area (TPSA) is 46.6 Å². The van der Waals surface area contributed by atoms with E-state index < -0.39 is 5.97 Å². The summed E-state index contributed by atoms with van der Waals surface area (Å²) >= 11 is 5.74. The second-order valence-electron chi connectivity index (χ2n) is 6.52. The summed E-state index contributed by atoms with van der Waals surface area (Å²) in [7, 11) is 0. The van der Waals surface area contributed by atoms with Crippen LogP contribution in [0, 0.1) is 6.92 Å². The molecule has 23 heavy (non-hydrogen) atoms. The Kier molecular flexibility index (Phi) is 6.39. The van der Waals surface area contributed by atoms with Gasteiger partial charge < -0.3 is 4.74 Å². The van der Waals surface area contributed by atoms with E-state index in [1.807, 2.05) is 25.1 Å². The van der Waals surface area contributed by atoms with Gasteiger partial charge in [0, 0.05) is 5.57 Å². The van der Waals surface area contributed by atoms with Crippen molar-refractivity contribution < 1.29 is 14.3 Å². The molecule has 0 saturated carbocycles. The van der Waals surface area contributed by atoms with E-state index in [1.165, 1.54) is 4.90 Å². The number of aryl methyl sites for hydroxylation is 1. The maximum absolute atomic E-state index is 12.3. The molecule has 0 unspecified atom stereocenters. The van der Waals surface area contributed by atoms with Crippen molar-refractivity contribution in [2.24, 2.45) is 0 Å². The van der Waals surface area contributed by atoms with Gasteiger partial charge in [0.25, 0.3) is 0 Å². The Morgan fingerprint density at radius 1 is 1.30 bits per heavy atom. The van der Waals surface area contributed by atoms with E-state index >= 15 is 0 Å². The van der Waals surface area contributed by atoms with Crippen LogP contribution in [0.2, 0.25) is 0 Å². The molecule has 0 saturated heterocycles. The van der Waals surface area contributed by atoms with Gasteiger partial charge in [0.05, 0.1) is 5.69 Å². The van der Waals surface area contributed by atoms with Crippen LogP contribution in [0.3, 0.4) is 0 Å². The lowest BCUT2D eigenvalue weighted by Gasteiger charge is -2.31. The smallest absolute Gasteiger partial charge is 0.334 e. The Labute approximate surface area is 143 Å². The normalized spacial score (nSPS) is 11.0. The third-order valence-electron chi connectivity index (χ3n) is 3.40. The molecule has 1 rings (SSSR count). The Morgan fingerprint density at radius 2 is 1.91 bits per heavy atom. The molecule has 0 fully saturated rings. The molecule has 0 aliphatic rings. The van der Waals surface area contributed by atoms with Crippen molar-refractivity contribution >= 4 is 29.2 Å². The summed E-state index contributed by atoms with van der Waals surface area (Å²) in [4.78, 5) is 25.4. The zero-order chi connectivity index (χ0) is 17.8. The number of alkyl halides is 1. The minimum Gasteiger partial charge on any atom is -0.440 e. The molecule has 0 spiro atoms. The second kappa shape index (κ2) is 7.64. The minimum atomic E-state index is -0.539. The predicted molar refractivity (Wildman–Crippen MR) is 93.9 cm³/mol. The Bertz CT molecular complexity index is 617. The molecule has 0 N–H and O–H groups in total. The largest absolute Gasteiger partial charge is 0.440 e. The first-order valence-electron chi connectivity index (χ1n) is 7.38. The number of ether oxygens (including phenoxy) is 1. The van der Waals surface area contributed by atoms with Crippen molar-refractivity contribution in [3.63, 3.8) is 0 Å². The number of esters is 1. The van der Waals surface area contributed by atoms with E-state index in [0.717, 1.165) is 16.8 Å². The van der Waals surface area contributed by atoms with Crippen LogP contribution >= 0.6 is 11.6 Å². The number of hydrogen-bond acceptors (Lipinski definition) is 3. The molecule has 0 aliphatic carbocycles. The summed E-state index contributed by atoms with van der Waals surface area (Å²) in [5.41, 5.74) is 2.75. The number of rotatable bonds is 5. The Morgan fingerprint density at radius 3 is 2.39 bits per heavy atom. The fourth-order valence-corrected chi connectivity index (χ4v) is 2.35. The van der Waals surface area contributed by atoms with Gasteiger partial charge in [0.2, 0.25) is 5.91 Å². The average molecular weight is 338 g/mol. The lowest BCUT2D eigenvalue weighted by Crippen LogP contribution is -2.37. The van der Waals surface area contributed by atoms with Crippen molar-refractivity contribution in [1.82, 2.24) is 0 Å². The first kappa shape index (κ1) is 19.2. The fourth-order valence-electron chi connectivity index (χ4n) is 2.20. The molecule has 4 nitrogen and oxygen atoms in total. The third kappa shape index (κ3) is 4.83. The van der Waals surface area contributed by atoms with Gasteiger partial charge in [-0.05, 0) is 30.4 Å². The molecule has 1 amide bonds. The predicted octanol–water partition coefficient (Wildman–Crippen LogP) is 3.94. The number of halogens is 1. The number of anilines is 1. The highest BCUT2D eigenvalue weighted by atomic mass is 35.5. The van der Waals surface area contributed by atoms with Crippen LogP contribution < -0.4 is 4.90 Å². The van der Waals surface area contributed by atoms with Crippen LogP contribution in [0.25, 0.3) is 0 Å². The molecular weight excluding hydrogens is 314 g/mol. The van der Waals surface area contributed by atoms with Crippen LogP contribution in [-0.2, 0) is 19.7 Å². The molecule has 0 heterocycles. The van der Waals surface area contributed by atoms with E-state index in [-0.39, 0.29) is 29.5 Å². The quantitative estimate of drug-likeness (QED) is 0.354. The number of benzene rings is 1. The first-order chi connectivity index (χ1) is 10.6. The maximum atomic E-state index is 12.3. The van der Waals surface area contributed by atoms with E-state index in [0.29, 0.717) is 0 Å². The van der Waals surface area contributed by atoms with Crippen LogP contribution in [-0.4, -0.2) is 24.5 Å². The lowest BCUT2D eigenvalue weighted by molar-refractivity contribution is -0.139. The van der Waals surface area contributed by atoms with Gasteiger partial charge in [0.15, 0.2) is 6.73 Å². The summed E-state index contributed by atoms with van der Waals surface area (Å²) in [6, 6.07) is 5.83. The molecule has 0 aliphatic heterocycles. The van der Waals surface area contributed by atoms with Crippen molar-refractivity contribution in [1.29, 1.82) is 0 Å². The summed E-state index contributed by atoms with van der Waals surface area (Å²) in [5, 5.41) is 0. The average Bonchev–Trinajstić information content (AvgIpc) is 2.46. The Balaban J connectivity index is 3.31. The summed E-state index contributed by atoms with van der Waals surface area (Å²) in [6.07, 6.45) is 0. The van der Waals surface area contributed by atoms with E-state index in [4.69, 9.17) is 16.3 Å². The highest BCUT2D eigenvalue weighted by Gasteiger charge is 2.26. The number of amides is 1. The van der Waals surface area contributed by atoms with E-state index in [9.17, 15) is 9.59 Å². The molecule has 0 bridgehead atoms. The van der Waals surface area contributed by atoms with Gasteiger partial charge in [-0.1, -0.05) is 45.5 Å². The van der Waals surface area contributed by atoms with Gasteiger partial charge in [-0.2, -0.15) is 0 Å². The molecule has 1 aromatic carbocycles. The zero-order valence-corrected chi connectivity index (χ0v) is 15.2.